The molecule has 0 saturated heterocycles. The molecule has 0 unspecified atom stereocenters. The second kappa shape index (κ2) is 5.45. The van der Waals surface area contributed by atoms with Crippen molar-refractivity contribution in [2.45, 2.75) is 13.8 Å². The van der Waals surface area contributed by atoms with Crippen LogP contribution in [0.1, 0.15) is 21.7 Å². The van der Waals surface area contributed by atoms with Gasteiger partial charge in [0, 0.05) is 30.1 Å². The monoisotopic (exact) mass is 279 g/mol. The van der Waals surface area contributed by atoms with Crippen molar-refractivity contribution in [3.05, 3.63) is 52.9 Å². The molecule has 106 valence electrons. The lowest BCUT2D eigenvalue weighted by molar-refractivity contribution is 0.0918. The Morgan fingerprint density at radius 2 is 1.95 bits per heavy atom. The number of hydrogen-bond donors (Lipinski definition) is 0. The molecule has 0 N–H and O–H groups in total. The topological polar surface area (TPSA) is 31.2 Å². The van der Waals surface area contributed by atoms with Crippen molar-refractivity contribution in [2.75, 3.05) is 6.61 Å². The molecule has 0 amide bonds. The molecule has 0 fully saturated rings. The van der Waals surface area contributed by atoms with E-state index in [0.29, 0.717) is 5.56 Å². The fourth-order valence-electron chi connectivity index (χ4n) is 1.95. The van der Waals surface area contributed by atoms with Gasteiger partial charge in [0.05, 0.1) is 0 Å². The summed E-state index contributed by atoms with van der Waals surface area (Å²) in [6.07, 6.45) is 0. The van der Waals surface area contributed by atoms with E-state index < -0.39 is 11.6 Å². The van der Waals surface area contributed by atoms with E-state index >= 15 is 0 Å². The number of carbonyl (C=O) groups excluding carboxylic acids is 1. The lowest BCUT2D eigenvalue weighted by Crippen LogP contribution is -2.13. The molecule has 0 aliphatic rings. The molecular weight excluding hydrogens is 264 g/mol. The van der Waals surface area contributed by atoms with Crippen molar-refractivity contribution in [1.29, 1.82) is 0 Å². The maximum absolute atomic E-state index is 13.4. The number of nitrogens with zero attached hydrogens (tertiary/aromatic N) is 1. The lowest BCUT2D eigenvalue weighted by Gasteiger charge is -2.07. The minimum Gasteiger partial charge on any atom is -0.482 e. The van der Waals surface area contributed by atoms with E-state index in [9.17, 15) is 13.6 Å². The third-order valence-electron chi connectivity index (χ3n) is 3.33. The van der Waals surface area contributed by atoms with Crippen molar-refractivity contribution in [1.82, 2.24) is 4.57 Å². The molecule has 0 aliphatic carbocycles. The number of aromatic nitrogens is 1. The second-order valence-electron chi connectivity index (χ2n) is 4.63. The van der Waals surface area contributed by atoms with Gasteiger partial charge in [0.1, 0.15) is 5.82 Å². The highest BCUT2D eigenvalue weighted by atomic mass is 19.1. The molecule has 1 aromatic carbocycles. The maximum Gasteiger partial charge on any atom is 0.202 e. The van der Waals surface area contributed by atoms with Gasteiger partial charge < -0.3 is 9.30 Å². The Morgan fingerprint density at radius 3 is 2.50 bits per heavy atom. The molecule has 1 aromatic heterocycles. The second-order valence-corrected chi connectivity index (χ2v) is 4.63. The van der Waals surface area contributed by atoms with Crippen molar-refractivity contribution in [3.63, 3.8) is 0 Å². The number of hydrogen-bond acceptors (Lipinski definition) is 2. The Balaban J connectivity index is 2.10. The van der Waals surface area contributed by atoms with Crippen LogP contribution in [0.5, 0.6) is 5.75 Å². The summed E-state index contributed by atoms with van der Waals surface area (Å²) in [6.45, 7) is 3.44. The van der Waals surface area contributed by atoms with E-state index in [2.05, 4.69) is 0 Å². The molecule has 2 aromatic rings. The molecule has 0 atom stereocenters. The Bertz CT molecular complexity index is 662. The molecule has 5 heteroatoms. The Kier molecular flexibility index (Phi) is 3.88. The molecule has 0 spiro atoms. The van der Waals surface area contributed by atoms with Gasteiger partial charge in [-0.15, -0.1) is 0 Å². The number of aryl methyl sites for hydroxylation is 1. The first-order valence-electron chi connectivity index (χ1n) is 6.14. The minimum absolute atomic E-state index is 0.134. The molecule has 2 rings (SSSR count). The van der Waals surface area contributed by atoms with Gasteiger partial charge >= 0.3 is 0 Å². The Hall–Kier alpha value is -2.17. The highest BCUT2D eigenvalue weighted by Crippen LogP contribution is 2.19. The SMILES string of the molecule is Cc1cc(C(=O)COc2ccc(F)cc2F)c(C)n1C. The van der Waals surface area contributed by atoms with E-state index in [-0.39, 0.29) is 18.1 Å². The van der Waals surface area contributed by atoms with Gasteiger partial charge in [-0.25, -0.2) is 8.78 Å². The summed E-state index contributed by atoms with van der Waals surface area (Å²) in [4.78, 5) is 12.0. The maximum atomic E-state index is 13.4. The summed E-state index contributed by atoms with van der Waals surface area (Å²) in [5.74, 6) is -1.88. The van der Waals surface area contributed by atoms with Gasteiger partial charge in [0.15, 0.2) is 18.2 Å². The van der Waals surface area contributed by atoms with Crippen molar-refractivity contribution < 1.29 is 18.3 Å². The minimum atomic E-state index is -0.821. The summed E-state index contributed by atoms with van der Waals surface area (Å²) in [6, 6.07) is 4.74. The predicted octanol–water partition coefficient (Wildman–Crippen LogP) is 3.18. The fourth-order valence-corrected chi connectivity index (χ4v) is 1.95. The van der Waals surface area contributed by atoms with Crippen LogP contribution < -0.4 is 4.74 Å². The van der Waals surface area contributed by atoms with E-state index in [4.69, 9.17) is 4.74 Å². The van der Waals surface area contributed by atoms with E-state index in [0.717, 1.165) is 23.5 Å². The zero-order chi connectivity index (χ0) is 14.9. The number of halogens is 2. The first-order valence-corrected chi connectivity index (χ1v) is 6.14. The zero-order valence-corrected chi connectivity index (χ0v) is 11.5. The van der Waals surface area contributed by atoms with Crippen LogP contribution in [0.4, 0.5) is 8.78 Å². The van der Waals surface area contributed by atoms with Gasteiger partial charge in [-0.05, 0) is 32.0 Å². The van der Waals surface area contributed by atoms with Gasteiger partial charge in [0.25, 0.3) is 0 Å². The van der Waals surface area contributed by atoms with Crippen LogP contribution >= 0.6 is 0 Å². The van der Waals surface area contributed by atoms with Crippen molar-refractivity contribution >= 4 is 5.78 Å². The molecular formula is C15H15F2NO2. The first-order chi connectivity index (χ1) is 9.40. The first kappa shape index (κ1) is 14.2. The normalized spacial score (nSPS) is 10.7. The number of rotatable bonds is 4. The summed E-state index contributed by atoms with van der Waals surface area (Å²) in [7, 11) is 1.86. The standard InChI is InChI=1S/C15H15F2NO2/c1-9-6-12(10(2)18(9)3)14(19)8-20-15-5-4-11(16)7-13(15)17/h4-7H,8H2,1-3H3. The van der Waals surface area contributed by atoms with Crippen LogP contribution in [0.25, 0.3) is 0 Å². The number of ether oxygens (including phenoxy) is 1. The quantitative estimate of drug-likeness (QED) is 0.805. The van der Waals surface area contributed by atoms with Gasteiger partial charge in [-0.3, -0.25) is 4.79 Å². The highest BCUT2D eigenvalue weighted by molar-refractivity contribution is 5.98. The molecule has 20 heavy (non-hydrogen) atoms. The van der Waals surface area contributed by atoms with Crippen LogP contribution in [0, 0.1) is 25.5 Å². The predicted molar refractivity (Wildman–Crippen MR) is 71.1 cm³/mol. The zero-order valence-electron chi connectivity index (χ0n) is 11.5. The van der Waals surface area contributed by atoms with E-state index in [1.165, 1.54) is 6.07 Å². The van der Waals surface area contributed by atoms with Crippen LogP contribution in [0.15, 0.2) is 24.3 Å². The average Bonchev–Trinajstić information content (AvgIpc) is 2.65. The summed E-state index contributed by atoms with van der Waals surface area (Å²) >= 11 is 0. The average molecular weight is 279 g/mol. The number of ketones is 1. The molecule has 0 radical (unpaired) electrons. The molecule has 1 heterocycles. The number of carbonyl (C=O) groups is 1. The highest BCUT2D eigenvalue weighted by Gasteiger charge is 2.15. The number of benzene rings is 1. The number of Topliss-reactive ketones (excluding diaryl/α,β-unsaturated/α-hetero) is 1. The van der Waals surface area contributed by atoms with Crippen LogP contribution in [-0.2, 0) is 7.05 Å². The summed E-state index contributed by atoms with van der Waals surface area (Å²) < 4.78 is 33.1. The van der Waals surface area contributed by atoms with Gasteiger partial charge in [-0.1, -0.05) is 0 Å². The molecule has 0 saturated carbocycles. The summed E-state index contributed by atoms with van der Waals surface area (Å²) in [5.41, 5.74) is 2.34. The lowest BCUT2D eigenvalue weighted by atomic mass is 10.1. The molecule has 3 nitrogen and oxygen atoms in total. The van der Waals surface area contributed by atoms with Crippen LogP contribution in [0.2, 0.25) is 0 Å². The third-order valence-corrected chi connectivity index (χ3v) is 3.33. The summed E-state index contributed by atoms with van der Waals surface area (Å²) in [5, 5.41) is 0. The van der Waals surface area contributed by atoms with Gasteiger partial charge in [-0.2, -0.15) is 0 Å². The Labute approximate surface area is 115 Å². The fraction of sp³-hybridized carbons (Fsp3) is 0.267. The van der Waals surface area contributed by atoms with Crippen molar-refractivity contribution in [2.24, 2.45) is 7.05 Å². The third kappa shape index (κ3) is 2.71. The largest absolute Gasteiger partial charge is 0.482 e. The van der Waals surface area contributed by atoms with E-state index in [1.54, 1.807) is 6.07 Å². The van der Waals surface area contributed by atoms with Gasteiger partial charge in [0.2, 0.25) is 5.78 Å². The van der Waals surface area contributed by atoms with Crippen molar-refractivity contribution in [3.8, 4) is 5.75 Å². The smallest absolute Gasteiger partial charge is 0.202 e. The van der Waals surface area contributed by atoms with Crippen LogP contribution in [-0.4, -0.2) is 17.0 Å². The Morgan fingerprint density at radius 1 is 1.25 bits per heavy atom. The molecule has 0 bridgehead atoms. The van der Waals surface area contributed by atoms with Crippen LogP contribution in [0.3, 0.4) is 0 Å². The van der Waals surface area contributed by atoms with E-state index in [1.807, 2.05) is 25.5 Å². The molecule has 0 aliphatic heterocycles.